The first kappa shape index (κ1) is 11.0. The van der Waals surface area contributed by atoms with Crippen molar-refractivity contribution in [2.24, 2.45) is 0 Å². The third kappa shape index (κ3) is 2.05. The van der Waals surface area contributed by atoms with Gasteiger partial charge in [0.1, 0.15) is 24.4 Å². The summed E-state index contributed by atoms with van der Waals surface area (Å²) < 4.78 is 10.2. The Balaban J connectivity index is 0.000000336. The molecule has 2 fully saturated rings. The molecule has 0 saturated carbocycles. The molecule has 0 bridgehead atoms. The maximum atomic E-state index is 9.16. The van der Waals surface area contributed by atoms with Crippen LogP contribution in [0.4, 0.5) is 0 Å². The number of rotatable bonds is 0. The van der Waals surface area contributed by atoms with E-state index in [2.05, 4.69) is 9.80 Å². The van der Waals surface area contributed by atoms with Crippen molar-refractivity contribution in [2.45, 2.75) is 24.4 Å². The van der Waals surface area contributed by atoms with Gasteiger partial charge in [0, 0.05) is 0 Å². The maximum absolute atomic E-state index is 9.16. The molecule has 2 aliphatic heterocycles. The molecule has 0 aromatic rings. The zero-order valence-electron chi connectivity index (χ0n) is 6.26. The van der Waals surface area contributed by atoms with Gasteiger partial charge in [-0.15, -0.1) is 9.80 Å². The SMILES string of the molecule is OC1COC2C(O)COC12.SI. The number of aliphatic hydroxyl groups is 2. The Morgan fingerprint density at radius 2 is 1.33 bits per heavy atom. The lowest BCUT2D eigenvalue weighted by atomic mass is 10.1. The summed E-state index contributed by atoms with van der Waals surface area (Å²) in [7, 11) is 3.50. The van der Waals surface area contributed by atoms with Gasteiger partial charge in [-0.25, -0.2) is 0 Å². The molecule has 0 aliphatic carbocycles. The Labute approximate surface area is 88.2 Å². The summed E-state index contributed by atoms with van der Waals surface area (Å²) in [6.45, 7) is 0.568. The van der Waals surface area contributed by atoms with E-state index in [4.69, 9.17) is 19.7 Å². The highest BCUT2D eigenvalue weighted by atomic mass is 127. The summed E-state index contributed by atoms with van der Waals surface area (Å²) in [5, 5.41) is 18.3. The Morgan fingerprint density at radius 1 is 1.00 bits per heavy atom. The van der Waals surface area contributed by atoms with Gasteiger partial charge in [0.05, 0.1) is 13.2 Å². The minimum atomic E-state index is -0.554. The van der Waals surface area contributed by atoms with Gasteiger partial charge in [-0.3, -0.25) is 0 Å². The Bertz CT molecular complexity index is 132. The van der Waals surface area contributed by atoms with Gasteiger partial charge in [-0.2, -0.15) is 0 Å². The average molecular weight is 306 g/mol. The Morgan fingerprint density at radius 3 is 1.67 bits per heavy atom. The zero-order valence-corrected chi connectivity index (χ0v) is 9.31. The van der Waals surface area contributed by atoms with Crippen LogP contribution >= 0.6 is 31.0 Å². The highest BCUT2D eigenvalue weighted by Crippen LogP contribution is 2.26. The smallest absolute Gasteiger partial charge is 0.114 e. The molecule has 6 heteroatoms. The van der Waals surface area contributed by atoms with Gasteiger partial charge in [-0.05, 0) is 21.2 Å². The van der Waals surface area contributed by atoms with E-state index in [1.807, 2.05) is 21.2 Å². The quantitative estimate of drug-likeness (QED) is 0.427. The first-order chi connectivity index (χ1) is 5.79. The molecule has 4 unspecified atom stereocenters. The molecule has 4 atom stereocenters. The van der Waals surface area contributed by atoms with Crippen LogP contribution in [0.3, 0.4) is 0 Å². The van der Waals surface area contributed by atoms with Crippen LogP contribution in [0.25, 0.3) is 0 Å². The second-order valence-electron chi connectivity index (χ2n) is 2.73. The lowest BCUT2D eigenvalue weighted by Gasteiger charge is -2.09. The summed E-state index contributed by atoms with van der Waals surface area (Å²) >= 11 is 1.84. The molecule has 2 heterocycles. The van der Waals surface area contributed by atoms with Crippen LogP contribution in [0.15, 0.2) is 0 Å². The van der Waals surface area contributed by atoms with Crippen molar-refractivity contribution >= 4 is 31.0 Å². The van der Waals surface area contributed by atoms with E-state index in [-0.39, 0.29) is 25.4 Å². The number of halogens is 1. The number of aliphatic hydroxyl groups excluding tert-OH is 2. The minimum Gasteiger partial charge on any atom is -0.388 e. The molecule has 4 nitrogen and oxygen atoms in total. The van der Waals surface area contributed by atoms with Crippen LogP contribution in [0.2, 0.25) is 0 Å². The molecule has 2 aliphatic rings. The number of hydrogen-bond donors (Lipinski definition) is 3. The fourth-order valence-electron chi connectivity index (χ4n) is 1.46. The van der Waals surface area contributed by atoms with Crippen molar-refractivity contribution in [1.82, 2.24) is 0 Å². The molecule has 0 amide bonds. The van der Waals surface area contributed by atoms with Crippen LogP contribution < -0.4 is 0 Å². The summed E-state index contributed by atoms with van der Waals surface area (Å²) in [4.78, 5) is 0. The van der Waals surface area contributed by atoms with E-state index in [1.54, 1.807) is 0 Å². The van der Waals surface area contributed by atoms with Crippen molar-refractivity contribution in [3.8, 4) is 0 Å². The minimum absolute atomic E-state index is 0.284. The summed E-state index contributed by atoms with van der Waals surface area (Å²) in [6, 6.07) is 0. The normalized spacial score (nSPS) is 45.0. The van der Waals surface area contributed by atoms with Crippen LogP contribution in [-0.4, -0.2) is 47.8 Å². The average Bonchev–Trinajstić information content (AvgIpc) is 2.62. The van der Waals surface area contributed by atoms with E-state index >= 15 is 0 Å². The molecule has 2 rings (SSSR count). The van der Waals surface area contributed by atoms with Crippen molar-refractivity contribution < 1.29 is 19.7 Å². The van der Waals surface area contributed by atoms with Crippen molar-refractivity contribution in [1.29, 1.82) is 0 Å². The van der Waals surface area contributed by atoms with Gasteiger partial charge in [0.2, 0.25) is 0 Å². The molecule has 0 radical (unpaired) electrons. The van der Waals surface area contributed by atoms with Crippen molar-refractivity contribution in [2.75, 3.05) is 13.2 Å². The molecular weight excluding hydrogens is 295 g/mol. The van der Waals surface area contributed by atoms with Gasteiger partial charge in [0.15, 0.2) is 0 Å². The fraction of sp³-hybridized carbons (Fsp3) is 1.00. The van der Waals surface area contributed by atoms with Gasteiger partial charge < -0.3 is 19.7 Å². The zero-order chi connectivity index (χ0) is 9.14. The third-order valence-corrected chi connectivity index (χ3v) is 2.00. The second kappa shape index (κ2) is 4.97. The van der Waals surface area contributed by atoms with E-state index in [0.29, 0.717) is 0 Å². The maximum Gasteiger partial charge on any atom is 0.114 e. The monoisotopic (exact) mass is 306 g/mol. The predicted molar refractivity (Wildman–Crippen MR) is 54.5 cm³/mol. The first-order valence-electron chi connectivity index (χ1n) is 3.55. The highest BCUT2D eigenvalue weighted by molar-refractivity contribution is 14.2. The lowest BCUT2D eigenvalue weighted by Crippen LogP contribution is -2.30. The molecule has 0 spiro atoms. The van der Waals surface area contributed by atoms with Crippen molar-refractivity contribution in [3.05, 3.63) is 0 Å². The topological polar surface area (TPSA) is 58.9 Å². The van der Waals surface area contributed by atoms with Crippen molar-refractivity contribution in [3.63, 3.8) is 0 Å². The van der Waals surface area contributed by atoms with E-state index in [9.17, 15) is 0 Å². The Kier molecular flexibility index (Phi) is 4.55. The van der Waals surface area contributed by atoms with E-state index in [0.717, 1.165) is 0 Å². The number of fused-ring (bicyclic) bond motifs is 1. The highest BCUT2D eigenvalue weighted by Gasteiger charge is 2.46. The van der Waals surface area contributed by atoms with Gasteiger partial charge in [-0.1, -0.05) is 0 Å². The molecule has 0 aromatic carbocycles. The summed E-state index contributed by atoms with van der Waals surface area (Å²) in [6.07, 6.45) is -1.70. The number of thiol groups is 1. The van der Waals surface area contributed by atoms with E-state index in [1.165, 1.54) is 0 Å². The molecule has 2 saturated heterocycles. The molecule has 72 valence electrons. The molecule has 12 heavy (non-hydrogen) atoms. The van der Waals surface area contributed by atoms with Crippen LogP contribution in [0.5, 0.6) is 0 Å². The second-order valence-corrected chi connectivity index (χ2v) is 2.73. The van der Waals surface area contributed by atoms with E-state index < -0.39 is 12.2 Å². The van der Waals surface area contributed by atoms with Crippen LogP contribution in [0, 0.1) is 0 Å². The fourth-order valence-corrected chi connectivity index (χ4v) is 1.46. The summed E-state index contributed by atoms with van der Waals surface area (Å²) in [5.74, 6) is 0. The van der Waals surface area contributed by atoms with Gasteiger partial charge in [0.25, 0.3) is 0 Å². The number of hydrogen-bond acceptors (Lipinski definition) is 5. The molecule has 0 aromatic heterocycles. The lowest BCUT2D eigenvalue weighted by molar-refractivity contribution is 0.00205. The standard InChI is InChI=1S/C6H10O4.HIS/c7-3-1-9-6-4(8)2-10-5(3)6;1-2/h3-8H,1-2H2;2H. The number of ether oxygens (including phenoxy) is 2. The third-order valence-electron chi connectivity index (χ3n) is 2.00. The summed E-state index contributed by atoms with van der Waals surface area (Å²) in [5.41, 5.74) is 0. The van der Waals surface area contributed by atoms with Crippen LogP contribution in [0.1, 0.15) is 0 Å². The van der Waals surface area contributed by atoms with Gasteiger partial charge >= 0.3 is 0 Å². The Hall–Kier alpha value is 0.920. The van der Waals surface area contributed by atoms with Crippen LogP contribution in [-0.2, 0) is 9.47 Å². The molecule has 2 N–H and O–H groups in total. The molecular formula is C6H11IO4S. The largest absolute Gasteiger partial charge is 0.388 e. The predicted octanol–water partition coefficient (Wildman–Crippen LogP) is -0.228. The first-order valence-corrected chi connectivity index (χ1v) is 6.78.